The van der Waals surface area contributed by atoms with Crippen LogP contribution in [-0.2, 0) is 9.53 Å². The first-order valence-corrected chi connectivity index (χ1v) is 7.51. The lowest BCUT2D eigenvalue weighted by Crippen LogP contribution is -2.29. The smallest absolute Gasteiger partial charge is 0.223 e. The third-order valence-corrected chi connectivity index (χ3v) is 3.47. The van der Waals surface area contributed by atoms with Crippen molar-refractivity contribution in [3.8, 4) is 0 Å². The maximum absolute atomic E-state index is 11.8. The fraction of sp³-hybridized carbons (Fsp3) is 0.917. The van der Waals surface area contributed by atoms with Crippen LogP contribution in [0.1, 0.15) is 26.2 Å². The van der Waals surface area contributed by atoms with Crippen molar-refractivity contribution in [2.45, 2.75) is 26.2 Å². The first-order valence-electron chi connectivity index (χ1n) is 6.12. The zero-order valence-electron chi connectivity index (χ0n) is 10.4. The normalized spacial score (nSPS) is 20.4. The maximum Gasteiger partial charge on any atom is 0.223 e. The van der Waals surface area contributed by atoms with Gasteiger partial charge < -0.3 is 9.64 Å². The van der Waals surface area contributed by atoms with Gasteiger partial charge in [-0.15, -0.1) is 0 Å². The van der Waals surface area contributed by atoms with Gasteiger partial charge in [-0.25, -0.2) is 0 Å². The van der Waals surface area contributed by atoms with Crippen LogP contribution in [-0.4, -0.2) is 49.1 Å². The molecule has 0 N–H and O–H groups in total. The van der Waals surface area contributed by atoms with E-state index in [2.05, 4.69) is 6.92 Å². The molecule has 0 radical (unpaired) electrons. The summed E-state index contributed by atoms with van der Waals surface area (Å²) < 4.78 is 5.53. The Morgan fingerprint density at radius 3 is 3.06 bits per heavy atom. The Morgan fingerprint density at radius 1 is 1.56 bits per heavy atom. The first-order chi connectivity index (χ1) is 7.77. The van der Waals surface area contributed by atoms with Crippen molar-refractivity contribution in [3.63, 3.8) is 0 Å². The molecule has 1 unspecified atom stereocenters. The van der Waals surface area contributed by atoms with Crippen molar-refractivity contribution in [3.05, 3.63) is 0 Å². The second kappa shape index (κ2) is 7.96. The minimum Gasteiger partial charge on any atom is -0.381 e. The van der Waals surface area contributed by atoms with Gasteiger partial charge in [-0.2, -0.15) is 11.8 Å². The Kier molecular flexibility index (Phi) is 6.88. The highest BCUT2D eigenvalue weighted by Gasteiger charge is 2.25. The molecule has 0 bridgehead atoms. The summed E-state index contributed by atoms with van der Waals surface area (Å²) in [5.74, 6) is 1.81. The van der Waals surface area contributed by atoms with Gasteiger partial charge in [0.25, 0.3) is 0 Å². The molecule has 0 saturated carbocycles. The van der Waals surface area contributed by atoms with Crippen LogP contribution in [0.4, 0.5) is 0 Å². The number of ether oxygens (including phenoxy) is 1. The van der Waals surface area contributed by atoms with Crippen molar-refractivity contribution < 1.29 is 9.53 Å². The van der Waals surface area contributed by atoms with Crippen LogP contribution in [0.2, 0.25) is 0 Å². The van der Waals surface area contributed by atoms with E-state index in [1.54, 1.807) is 11.8 Å². The zero-order valence-corrected chi connectivity index (χ0v) is 11.2. The molecule has 0 aromatic rings. The molecule has 1 fully saturated rings. The molecule has 1 heterocycles. The molecule has 0 spiro atoms. The van der Waals surface area contributed by atoms with E-state index in [1.807, 2.05) is 11.2 Å². The van der Waals surface area contributed by atoms with E-state index in [9.17, 15) is 4.79 Å². The minimum atomic E-state index is 0.312. The number of hydrogen-bond acceptors (Lipinski definition) is 3. The van der Waals surface area contributed by atoms with Crippen LogP contribution in [0, 0.1) is 5.92 Å². The van der Waals surface area contributed by atoms with E-state index < -0.39 is 0 Å². The molecule has 16 heavy (non-hydrogen) atoms. The fourth-order valence-electron chi connectivity index (χ4n) is 1.94. The monoisotopic (exact) mass is 245 g/mol. The summed E-state index contributed by atoms with van der Waals surface area (Å²) in [5.41, 5.74) is 0. The van der Waals surface area contributed by atoms with E-state index in [0.29, 0.717) is 18.2 Å². The Labute approximate surface area is 103 Å². The fourth-order valence-corrected chi connectivity index (χ4v) is 2.32. The predicted octanol–water partition coefficient (Wildman–Crippen LogP) is 2.01. The van der Waals surface area contributed by atoms with Crippen LogP contribution in [0.5, 0.6) is 0 Å². The number of hydrogen-bond donors (Lipinski definition) is 0. The average Bonchev–Trinajstić information content (AvgIpc) is 2.75. The summed E-state index contributed by atoms with van der Waals surface area (Å²) in [6.45, 7) is 5.61. The number of likely N-dealkylation sites (tertiary alicyclic amines) is 1. The van der Waals surface area contributed by atoms with Gasteiger partial charge >= 0.3 is 0 Å². The van der Waals surface area contributed by atoms with Gasteiger partial charge in [0.2, 0.25) is 5.91 Å². The molecule has 1 rings (SSSR count). The minimum absolute atomic E-state index is 0.312. The quantitative estimate of drug-likeness (QED) is 0.643. The van der Waals surface area contributed by atoms with Gasteiger partial charge in [0.05, 0.1) is 6.61 Å². The average molecular weight is 245 g/mol. The second-order valence-corrected chi connectivity index (χ2v) is 5.30. The molecule has 3 nitrogen and oxygen atoms in total. The maximum atomic E-state index is 11.8. The summed E-state index contributed by atoms with van der Waals surface area (Å²) in [4.78, 5) is 13.7. The molecule has 1 atom stereocenters. The van der Waals surface area contributed by atoms with Crippen molar-refractivity contribution in [2.75, 3.05) is 38.3 Å². The summed E-state index contributed by atoms with van der Waals surface area (Å²) in [6.07, 6.45) is 4.90. The molecule has 1 aliphatic heterocycles. The van der Waals surface area contributed by atoms with Crippen LogP contribution in [0.3, 0.4) is 0 Å². The van der Waals surface area contributed by atoms with Crippen molar-refractivity contribution >= 4 is 17.7 Å². The molecule has 0 aliphatic carbocycles. The topological polar surface area (TPSA) is 29.5 Å². The van der Waals surface area contributed by atoms with E-state index in [-0.39, 0.29) is 0 Å². The lowest BCUT2D eigenvalue weighted by molar-refractivity contribution is -0.129. The zero-order chi connectivity index (χ0) is 11.8. The van der Waals surface area contributed by atoms with Gasteiger partial charge in [-0.3, -0.25) is 4.79 Å². The predicted molar refractivity (Wildman–Crippen MR) is 68.8 cm³/mol. The standard InChI is InChI=1S/C12H23NO2S/c1-3-7-15-10-11-4-6-13(9-11)12(14)5-8-16-2/h11H,3-10H2,1-2H3. The van der Waals surface area contributed by atoms with Gasteiger partial charge in [-0.1, -0.05) is 6.92 Å². The van der Waals surface area contributed by atoms with E-state index in [1.165, 1.54) is 0 Å². The van der Waals surface area contributed by atoms with Crippen LogP contribution < -0.4 is 0 Å². The highest BCUT2D eigenvalue weighted by Crippen LogP contribution is 2.17. The molecule has 0 aromatic heterocycles. The number of rotatable bonds is 7. The molecule has 1 aliphatic rings. The molecular formula is C12H23NO2S. The van der Waals surface area contributed by atoms with Crippen molar-refractivity contribution in [2.24, 2.45) is 5.92 Å². The Hall–Kier alpha value is -0.220. The first kappa shape index (κ1) is 13.8. The Balaban J connectivity index is 2.16. The third kappa shape index (κ3) is 4.74. The van der Waals surface area contributed by atoms with E-state index in [4.69, 9.17) is 4.74 Å². The summed E-state index contributed by atoms with van der Waals surface area (Å²) in [6, 6.07) is 0. The number of nitrogens with zero attached hydrogens (tertiary/aromatic N) is 1. The highest BCUT2D eigenvalue weighted by molar-refractivity contribution is 7.98. The summed E-state index contributed by atoms with van der Waals surface area (Å²) >= 11 is 1.73. The van der Waals surface area contributed by atoms with Gasteiger partial charge in [0.1, 0.15) is 0 Å². The third-order valence-electron chi connectivity index (χ3n) is 2.86. The number of thioether (sulfide) groups is 1. The van der Waals surface area contributed by atoms with Gasteiger partial charge in [0, 0.05) is 37.8 Å². The lowest BCUT2D eigenvalue weighted by atomic mass is 10.1. The van der Waals surface area contributed by atoms with Gasteiger partial charge in [0.15, 0.2) is 0 Å². The summed E-state index contributed by atoms with van der Waals surface area (Å²) in [5, 5.41) is 0. The van der Waals surface area contributed by atoms with Crippen LogP contribution in [0.15, 0.2) is 0 Å². The van der Waals surface area contributed by atoms with Crippen LogP contribution in [0.25, 0.3) is 0 Å². The largest absolute Gasteiger partial charge is 0.381 e. The van der Waals surface area contributed by atoms with E-state index >= 15 is 0 Å². The van der Waals surface area contributed by atoms with Crippen LogP contribution >= 0.6 is 11.8 Å². The summed E-state index contributed by atoms with van der Waals surface area (Å²) in [7, 11) is 0. The SMILES string of the molecule is CCCOCC1CCN(C(=O)CCSC)C1. The molecule has 4 heteroatoms. The molecular weight excluding hydrogens is 222 g/mol. The molecule has 0 aromatic carbocycles. The Bertz CT molecular complexity index is 211. The number of amides is 1. The van der Waals surface area contributed by atoms with Gasteiger partial charge in [-0.05, 0) is 19.1 Å². The van der Waals surface area contributed by atoms with Crippen molar-refractivity contribution in [1.29, 1.82) is 0 Å². The van der Waals surface area contributed by atoms with E-state index in [0.717, 1.165) is 44.9 Å². The van der Waals surface area contributed by atoms with Crippen molar-refractivity contribution in [1.82, 2.24) is 4.90 Å². The second-order valence-electron chi connectivity index (χ2n) is 4.31. The highest BCUT2D eigenvalue weighted by atomic mass is 32.2. The molecule has 94 valence electrons. The Morgan fingerprint density at radius 2 is 2.38 bits per heavy atom. The number of carbonyl (C=O) groups is 1. The lowest BCUT2D eigenvalue weighted by Gasteiger charge is -2.16. The molecule has 1 saturated heterocycles. The number of carbonyl (C=O) groups excluding carboxylic acids is 1. The molecule has 1 amide bonds.